The van der Waals surface area contributed by atoms with Crippen LogP contribution >= 0.6 is 11.8 Å². The number of hydrogen-bond acceptors (Lipinski definition) is 4. The SMILES string of the molecule is CSc1[nH]c(=O)ncc1C(=O)O. The summed E-state index contributed by atoms with van der Waals surface area (Å²) in [4.78, 5) is 26.8. The van der Waals surface area contributed by atoms with Crippen molar-refractivity contribution >= 4 is 17.7 Å². The van der Waals surface area contributed by atoms with E-state index in [-0.39, 0.29) is 5.56 Å². The number of rotatable bonds is 2. The Morgan fingerprint density at radius 1 is 1.75 bits per heavy atom. The molecule has 1 aromatic heterocycles. The monoisotopic (exact) mass is 186 g/mol. The highest BCUT2D eigenvalue weighted by Gasteiger charge is 2.09. The fourth-order valence-corrected chi connectivity index (χ4v) is 1.24. The molecule has 0 fully saturated rings. The van der Waals surface area contributed by atoms with Crippen LogP contribution in [0.3, 0.4) is 0 Å². The van der Waals surface area contributed by atoms with Gasteiger partial charge in [-0.3, -0.25) is 4.98 Å². The van der Waals surface area contributed by atoms with Gasteiger partial charge in [0, 0.05) is 6.20 Å². The van der Waals surface area contributed by atoms with Crippen LogP contribution in [0.5, 0.6) is 0 Å². The zero-order chi connectivity index (χ0) is 9.14. The molecule has 12 heavy (non-hydrogen) atoms. The topological polar surface area (TPSA) is 83.0 Å². The second kappa shape index (κ2) is 3.40. The lowest BCUT2D eigenvalue weighted by atomic mass is 10.3. The van der Waals surface area contributed by atoms with Gasteiger partial charge in [0.15, 0.2) is 0 Å². The minimum atomic E-state index is -1.09. The van der Waals surface area contributed by atoms with E-state index in [0.717, 1.165) is 18.0 Å². The highest BCUT2D eigenvalue weighted by Crippen LogP contribution is 2.13. The Kier molecular flexibility index (Phi) is 2.49. The Balaban J connectivity index is 3.29. The van der Waals surface area contributed by atoms with Crippen LogP contribution in [0.1, 0.15) is 10.4 Å². The molecule has 2 N–H and O–H groups in total. The van der Waals surface area contributed by atoms with Crippen molar-refractivity contribution in [3.05, 3.63) is 22.2 Å². The molecule has 0 saturated heterocycles. The Labute approximate surface area is 71.8 Å². The summed E-state index contributed by atoms with van der Waals surface area (Å²) in [5.41, 5.74) is -0.522. The summed E-state index contributed by atoms with van der Waals surface area (Å²) in [6.07, 6.45) is 2.73. The molecule has 5 nitrogen and oxygen atoms in total. The zero-order valence-electron chi connectivity index (χ0n) is 6.20. The summed E-state index contributed by atoms with van der Waals surface area (Å²) in [7, 11) is 0. The molecule has 0 aromatic carbocycles. The van der Waals surface area contributed by atoms with Gasteiger partial charge in [-0.2, -0.15) is 0 Å². The molecule has 1 aromatic rings. The van der Waals surface area contributed by atoms with Crippen LogP contribution in [0.4, 0.5) is 0 Å². The number of H-pyrrole nitrogens is 1. The first-order chi connectivity index (χ1) is 5.65. The van der Waals surface area contributed by atoms with Crippen molar-refractivity contribution in [1.82, 2.24) is 9.97 Å². The number of aromatic carboxylic acids is 1. The largest absolute Gasteiger partial charge is 0.478 e. The number of hydrogen-bond donors (Lipinski definition) is 2. The third-order valence-corrected chi connectivity index (χ3v) is 1.94. The van der Waals surface area contributed by atoms with Crippen LogP contribution in [0.25, 0.3) is 0 Å². The number of carbonyl (C=O) groups is 1. The minimum absolute atomic E-state index is 0.0158. The molecule has 0 spiro atoms. The number of carboxylic acid groups (broad SMARTS) is 1. The molecule has 1 rings (SSSR count). The van der Waals surface area contributed by atoms with Gasteiger partial charge in [-0.25, -0.2) is 14.6 Å². The van der Waals surface area contributed by atoms with E-state index in [0.29, 0.717) is 5.03 Å². The number of carboxylic acids is 1. The molecule has 64 valence electrons. The van der Waals surface area contributed by atoms with Crippen molar-refractivity contribution in [2.24, 2.45) is 0 Å². The molecule has 0 amide bonds. The van der Waals surface area contributed by atoms with Crippen LogP contribution in [0.15, 0.2) is 16.0 Å². The van der Waals surface area contributed by atoms with Crippen molar-refractivity contribution in [3.8, 4) is 0 Å². The lowest BCUT2D eigenvalue weighted by Crippen LogP contribution is -2.14. The number of aromatic nitrogens is 2. The minimum Gasteiger partial charge on any atom is -0.478 e. The van der Waals surface area contributed by atoms with Crippen molar-refractivity contribution < 1.29 is 9.90 Å². The molecule has 0 aliphatic heterocycles. The number of thioether (sulfide) groups is 1. The zero-order valence-corrected chi connectivity index (χ0v) is 7.01. The molecule has 1 heterocycles. The third-order valence-electron chi connectivity index (χ3n) is 1.21. The summed E-state index contributed by atoms with van der Waals surface area (Å²) in [6.45, 7) is 0. The second-order valence-electron chi connectivity index (χ2n) is 1.94. The van der Waals surface area contributed by atoms with Gasteiger partial charge in [0.1, 0.15) is 5.56 Å². The molecular weight excluding hydrogens is 180 g/mol. The van der Waals surface area contributed by atoms with Crippen LogP contribution in [0, 0.1) is 0 Å². The molecular formula is C6H6N2O3S. The van der Waals surface area contributed by atoms with Gasteiger partial charge in [-0.05, 0) is 6.26 Å². The first kappa shape index (κ1) is 8.79. The first-order valence-corrected chi connectivity index (χ1v) is 4.24. The van der Waals surface area contributed by atoms with Gasteiger partial charge >= 0.3 is 11.7 Å². The summed E-state index contributed by atoms with van der Waals surface area (Å²) in [5, 5.41) is 8.93. The molecule has 0 aliphatic rings. The quantitative estimate of drug-likeness (QED) is 0.509. The molecule has 0 aliphatic carbocycles. The Hall–Kier alpha value is -1.30. The van der Waals surface area contributed by atoms with Gasteiger partial charge in [0.05, 0.1) is 5.03 Å². The van der Waals surface area contributed by atoms with Crippen LogP contribution in [0.2, 0.25) is 0 Å². The van der Waals surface area contributed by atoms with E-state index in [1.54, 1.807) is 6.26 Å². The van der Waals surface area contributed by atoms with E-state index < -0.39 is 11.7 Å². The lowest BCUT2D eigenvalue weighted by Gasteiger charge is -1.98. The van der Waals surface area contributed by atoms with E-state index in [9.17, 15) is 9.59 Å². The summed E-state index contributed by atoms with van der Waals surface area (Å²) in [5.74, 6) is -1.09. The van der Waals surface area contributed by atoms with Gasteiger partial charge in [0.2, 0.25) is 0 Å². The van der Waals surface area contributed by atoms with Gasteiger partial charge < -0.3 is 5.11 Å². The molecule has 0 radical (unpaired) electrons. The van der Waals surface area contributed by atoms with Gasteiger partial charge in [-0.1, -0.05) is 0 Å². The van der Waals surface area contributed by atoms with Crippen molar-refractivity contribution in [2.45, 2.75) is 5.03 Å². The van der Waals surface area contributed by atoms with E-state index in [4.69, 9.17) is 5.11 Å². The fraction of sp³-hybridized carbons (Fsp3) is 0.167. The van der Waals surface area contributed by atoms with Crippen molar-refractivity contribution in [2.75, 3.05) is 6.26 Å². The molecule has 0 unspecified atom stereocenters. The van der Waals surface area contributed by atoms with E-state index in [1.165, 1.54) is 0 Å². The Morgan fingerprint density at radius 2 is 2.42 bits per heavy atom. The number of aromatic amines is 1. The highest BCUT2D eigenvalue weighted by molar-refractivity contribution is 7.98. The van der Waals surface area contributed by atoms with Crippen molar-refractivity contribution in [1.29, 1.82) is 0 Å². The predicted octanol–water partition coefficient (Wildman–Crippen LogP) is 0.190. The number of nitrogens with one attached hydrogen (secondary N) is 1. The maximum absolute atomic E-state index is 10.7. The van der Waals surface area contributed by atoms with E-state index in [1.807, 2.05) is 0 Å². The summed E-state index contributed by atoms with van der Waals surface area (Å²) >= 11 is 1.16. The maximum Gasteiger partial charge on any atom is 0.345 e. The standard InChI is InChI=1S/C6H6N2O3S/c1-12-4-3(5(9)10)2-7-6(11)8-4/h2H,1H3,(H,9,10)(H,7,8,11). The predicted molar refractivity (Wildman–Crippen MR) is 43.6 cm³/mol. The van der Waals surface area contributed by atoms with Crippen LogP contribution in [-0.2, 0) is 0 Å². The average molecular weight is 186 g/mol. The van der Waals surface area contributed by atoms with E-state index in [2.05, 4.69) is 9.97 Å². The molecule has 0 atom stereocenters. The molecule has 0 bridgehead atoms. The number of nitrogens with zero attached hydrogens (tertiary/aromatic N) is 1. The van der Waals surface area contributed by atoms with E-state index >= 15 is 0 Å². The van der Waals surface area contributed by atoms with Crippen LogP contribution in [-0.4, -0.2) is 27.3 Å². The van der Waals surface area contributed by atoms with Crippen LogP contribution < -0.4 is 5.69 Å². The summed E-state index contributed by atoms with van der Waals surface area (Å²) in [6, 6.07) is 0. The highest BCUT2D eigenvalue weighted by atomic mass is 32.2. The Morgan fingerprint density at radius 3 is 2.92 bits per heavy atom. The van der Waals surface area contributed by atoms with Crippen molar-refractivity contribution in [3.63, 3.8) is 0 Å². The lowest BCUT2D eigenvalue weighted by molar-refractivity contribution is 0.0691. The normalized spacial score (nSPS) is 9.75. The van der Waals surface area contributed by atoms with Gasteiger partial charge in [-0.15, -0.1) is 11.8 Å². The molecule has 0 saturated carbocycles. The second-order valence-corrected chi connectivity index (χ2v) is 2.76. The Bertz CT molecular complexity index is 360. The smallest absolute Gasteiger partial charge is 0.345 e. The molecule has 6 heteroatoms. The fourth-order valence-electron chi connectivity index (χ4n) is 0.692. The maximum atomic E-state index is 10.7. The third kappa shape index (κ3) is 1.65. The van der Waals surface area contributed by atoms with Gasteiger partial charge in [0.25, 0.3) is 0 Å². The summed E-state index contributed by atoms with van der Waals surface area (Å²) < 4.78 is 0. The average Bonchev–Trinajstić information content (AvgIpc) is 2.03. The first-order valence-electron chi connectivity index (χ1n) is 3.01.